The topological polar surface area (TPSA) is 98.2 Å². The summed E-state index contributed by atoms with van der Waals surface area (Å²) in [5, 5.41) is 2.64. The van der Waals surface area contributed by atoms with Crippen LogP contribution in [0.15, 0.2) is 24.3 Å². The zero-order valence-corrected chi connectivity index (χ0v) is 10.5. The first kappa shape index (κ1) is 14.2. The molecule has 0 aliphatic carbocycles. The van der Waals surface area contributed by atoms with E-state index in [1.54, 1.807) is 0 Å². The van der Waals surface area contributed by atoms with Crippen LogP contribution in [0, 0.1) is 0 Å². The Bertz CT molecular complexity index is 415. The third-order valence-corrected chi connectivity index (χ3v) is 2.52. The lowest BCUT2D eigenvalue weighted by Gasteiger charge is -2.10. The van der Waals surface area contributed by atoms with E-state index in [9.17, 15) is 9.59 Å². The molecule has 0 heterocycles. The monoisotopic (exact) mass is 249 g/mol. The molecule has 0 fully saturated rings. The average Bonchev–Trinajstić information content (AvgIpc) is 2.31. The minimum absolute atomic E-state index is 0.153. The SMILES string of the molecule is CCCc1ccc(NC(=O)C(N)CC(N)=O)cc1. The van der Waals surface area contributed by atoms with E-state index in [4.69, 9.17) is 11.5 Å². The van der Waals surface area contributed by atoms with Gasteiger partial charge < -0.3 is 16.8 Å². The number of amides is 2. The van der Waals surface area contributed by atoms with Gasteiger partial charge in [0, 0.05) is 5.69 Å². The Morgan fingerprint density at radius 2 is 1.89 bits per heavy atom. The summed E-state index contributed by atoms with van der Waals surface area (Å²) in [4.78, 5) is 22.3. The highest BCUT2D eigenvalue weighted by Gasteiger charge is 2.15. The van der Waals surface area contributed by atoms with E-state index in [0.717, 1.165) is 12.8 Å². The second-order valence-electron chi connectivity index (χ2n) is 4.21. The molecule has 2 amide bonds. The van der Waals surface area contributed by atoms with Gasteiger partial charge in [0.1, 0.15) is 0 Å². The average molecular weight is 249 g/mol. The van der Waals surface area contributed by atoms with Crippen LogP contribution in [-0.4, -0.2) is 17.9 Å². The molecule has 5 N–H and O–H groups in total. The Morgan fingerprint density at radius 1 is 1.28 bits per heavy atom. The van der Waals surface area contributed by atoms with E-state index < -0.39 is 17.9 Å². The van der Waals surface area contributed by atoms with Crippen LogP contribution in [0.1, 0.15) is 25.3 Å². The predicted octanol–water partition coefficient (Wildman–Crippen LogP) is 0.780. The summed E-state index contributed by atoms with van der Waals surface area (Å²) >= 11 is 0. The Hall–Kier alpha value is -1.88. The van der Waals surface area contributed by atoms with Crippen molar-refractivity contribution in [3.63, 3.8) is 0 Å². The van der Waals surface area contributed by atoms with Crippen molar-refractivity contribution in [1.82, 2.24) is 0 Å². The number of benzene rings is 1. The molecule has 18 heavy (non-hydrogen) atoms. The standard InChI is InChI=1S/C13H19N3O2/c1-2-3-9-4-6-10(7-5-9)16-13(18)11(14)8-12(15)17/h4-7,11H,2-3,8,14H2,1H3,(H2,15,17)(H,16,18). The fourth-order valence-electron chi connectivity index (χ4n) is 1.59. The third-order valence-electron chi connectivity index (χ3n) is 2.52. The molecule has 0 aliphatic heterocycles. The lowest BCUT2D eigenvalue weighted by molar-refractivity contribution is -0.123. The van der Waals surface area contributed by atoms with Crippen molar-refractivity contribution in [2.75, 3.05) is 5.32 Å². The first-order valence-electron chi connectivity index (χ1n) is 5.96. The number of rotatable bonds is 6. The Morgan fingerprint density at radius 3 is 2.39 bits per heavy atom. The maximum Gasteiger partial charge on any atom is 0.241 e. The van der Waals surface area contributed by atoms with Crippen LogP contribution in [0.3, 0.4) is 0 Å². The van der Waals surface area contributed by atoms with Crippen molar-refractivity contribution in [2.24, 2.45) is 11.5 Å². The van der Waals surface area contributed by atoms with Crippen molar-refractivity contribution in [2.45, 2.75) is 32.2 Å². The van der Waals surface area contributed by atoms with Gasteiger partial charge in [-0.25, -0.2) is 0 Å². The van der Waals surface area contributed by atoms with E-state index in [1.807, 2.05) is 24.3 Å². The molecule has 0 saturated heterocycles. The van der Waals surface area contributed by atoms with Gasteiger partial charge in [0.05, 0.1) is 12.5 Å². The molecule has 1 aromatic carbocycles. The van der Waals surface area contributed by atoms with Crippen LogP contribution >= 0.6 is 0 Å². The first-order valence-corrected chi connectivity index (χ1v) is 5.96. The molecule has 0 bridgehead atoms. The van der Waals surface area contributed by atoms with E-state index >= 15 is 0 Å². The van der Waals surface area contributed by atoms with Gasteiger partial charge in [-0.3, -0.25) is 9.59 Å². The molecule has 1 aromatic rings. The summed E-state index contributed by atoms with van der Waals surface area (Å²) in [7, 11) is 0. The molecule has 0 aliphatic rings. The number of aryl methyl sites for hydroxylation is 1. The number of carbonyl (C=O) groups excluding carboxylic acids is 2. The number of nitrogens with one attached hydrogen (secondary N) is 1. The van der Waals surface area contributed by atoms with Crippen molar-refractivity contribution >= 4 is 17.5 Å². The molecule has 0 radical (unpaired) electrons. The summed E-state index contributed by atoms with van der Waals surface area (Å²) in [5.74, 6) is -0.993. The molecule has 5 nitrogen and oxygen atoms in total. The number of hydrogen-bond acceptors (Lipinski definition) is 3. The highest BCUT2D eigenvalue weighted by molar-refractivity contribution is 5.97. The van der Waals surface area contributed by atoms with Crippen molar-refractivity contribution in [3.05, 3.63) is 29.8 Å². The number of primary amides is 1. The fraction of sp³-hybridized carbons (Fsp3) is 0.385. The third kappa shape index (κ3) is 4.55. The zero-order chi connectivity index (χ0) is 13.5. The number of nitrogens with two attached hydrogens (primary N) is 2. The molecule has 1 rings (SSSR count). The van der Waals surface area contributed by atoms with Crippen LogP contribution in [-0.2, 0) is 16.0 Å². The van der Waals surface area contributed by atoms with Gasteiger partial charge in [-0.2, -0.15) is 0 Å². The van der Waals surface area contributed by atoms with E-state index in [-0.39, 0.29) is 6.42 Å². The van der Waals surface area contributed by atoms with Gasteiger partial charge in [-0.1, -0.05) is 25.5 Å². The number of hydrogen-bond donors (Lipinski definition) is 3. The Kier molecular flexibility index (Phi) is 5.32. The van der Waals surface area contributed by atoms with Gasteiger partial charge in [-0.05, 0) is 24.1 Å². The minimum Gasteiger partial charge on any atom is -0.370 e. The molecule has 98 valence electrons. The summed E-state index contributed by atoms with van der Waals surface area (Å²) in [6.45, 7) is 2.11. The smallest absolute Gasteiger partial charge is 0.241 e. The fourth-order valence-corrected chi connectivity index (χ4v) is 1.59. The van der Waals surface area contributed by atoms with Crippen molar-refractivity contribution < 1.29 is 9.59 Å². The molecule has 1 atom stereocenters. The molecular formula is C13H19N3O2. The predicted molar refractivity (Wildman–Crippen MR) is 70.9 cm³/mol. The van der Waals surface area contributed by atoms with Gasteiger partial charge in [0.15, 0.2) is 0 Å². The van der Waals surface area contributed by atoms with Crippen molar-refractivity contribution in [1.29, 1.82) is 0 Å². The van der Waals surface area contributed by atoms with Crippen LogP contribution in [0.5, 0.6) is 0 Å². The molecule has 1 unspecified atom stereocenters. The minimum atomic E-state index is -0.905. The highest BCUT2D eigenvalue weighted by Crippen LogP contribution is 2.11. The van der Waals surface area contributed by atoms with Gasteiger partial charge >= 0.3 is 0 Å². The maximum absolute atomic E-state index is 11.6. The molecule has 0 spiro atoms. The van der Waals surface area contributed by atoms with Crippen LogP contribution in [0.4, 0.5) is 5.69 Å². The van der Waals surface area contributed by atoms with E-state index in [1.165, 1.54) is 5.56 Å². The summed E-state index contributed by atoms with van der Waals surface area (Å²) in [5.41, 5.74) is 12.4. The second kappa shape index (κ2) is 6.76. The Balaban J connectivity index is 2.56. The summed E-state index contributed by atoms with van der Waals surface area (Å²) in [6, 6.07) is 6.65. The van der Waals surface area contributed by atoms with E-state index in [2.05, 4.69) is 12.2 Å². The van der Waals surface area contributed by atoms with Crippen molar-refractivity contribution in [3.8, 4) is 0 Å². The lowest BCUT2D eigenvalue weighted by Crippen LogP contribution is -2.38. The van der Waals surface area contributed by atoms with Crippen LogP contribution in [0.25, 0.3) is 0 Å². The van der Waals surface area contributed by atoms with Crippen LogP contribution < -0.4 is 16.8 Å². The molecule has 5 heteroatoms. The lowest BCUT2D eigenvalue weighted by atomic mass is 10.1. The summed E-state index contributed by atoms with van der Waals surface area (Å²) < 4.78 is 0. The normalized spacial score (nSPS) is 11.9. The van der Waals surface area contributed by atoms with Gasteiger partial charge in [0.2, 0.25) is 11.8 Å². The van der Waals surface area contributed by atoms with E-state index in [0.29, 0.717) is 5.69 Å². The zero-order valence-electron chi connectivity index (χ0n) is 10.5. The second-order valence-corrected chi connectivity index (χ2v) is 4.21. The number of carbonyl (C=O) groups is 2. The highest BCUT2D eigenvalue weighted by atomic mass is 16.2. The maximum atomic E-state index is 11.6. The number of anilines is 1. The molecule has 0 saturated carbocycles. The van der Waals surface area contributed by atoms with Gasteiger partial charge in [-0.15, -0.1) is 0 Å². The van der Waals surface area contributed by atoms with Gasteiger partial charge in [0.25, 0.3) is 0 Å². The molecular weight excluding hydrogens is 230 g/mol. The van der Waals surface area contributed by atoms with Crippen LogP contribution in [0.2, 0.25) is 0 Å². The quantitative estimate of drug-likeness (QED) is 0.694. The first-order chi connectivity index (χ1) is 8.52. The Labute approximate surface area is 107 Å². The molecule has 0 aromatic heterocycles. The largest absolute Gasteiger partial charge is 0.370 e. The summed E-state index contributed by atoms with van der Waals surface area (Å²) in [6.07, 6.45) is 1.93.